The average Bonchev–Trinajstić information content (AvgIpc) is 2.97. The van der Waals surface area contributed by atoms with Crippen LogP contribution in [0.5, 0.6) is 0 Å². The molecule has 1 saturated heterocycles. The fourth-order valence-electron chi connectivity index (χ4n) is 2.48. The van der Waals surface area contributed by atoms with Crippen LogP contribution in [0.15, 0.2) is 5.16 Å². The Bertz CT molecular complexity index is 428. The first-order valence-electron chi connectivity index (χ1n) is 7.45. The van der Waals surface area contributed by atoms with Crippen LogP contribution >= 0.6 is 0 Å². The Morgan fingerprint density at radius 1 is 1.33 bits per heavy atom. The molecule has 2 aliphatic rings. The van der Waals surface area contributed by atoms with Gasteiger partial charge in [0.2, 0.25) is 12.0 Å². The van der Waals surface area contributed by atoms with Gasteiger partial charge in [0.1, 0.15) is 0 Å². The van der Waals surface area contributed by atoms with Crippen molar-refractivity contribution in [3.05, 3.63) is 0 Å². The second-order valence-electron chi connectivity index (χ2n) is 5.81. The fraction of sp³-hybridized carbons (Fsp3) is 0.786. The summed E-state index contributed by atoms with van der Waals surface area (Å²) in [6.07, 6.45) is 0.127. The van der Waals surface area contributed by atoms with E-state index in [1.807, 2.05) is 23.6 Å². The standard InChI is InChI=1S/C14H24N4O3/c1-10(2)11-8-12(21-16-11)14(20)18-6-4-17(5-7-18)9-13(19)15-3/h10,12H,4-9H2,1-3H3,(H,15,19)/t12-/m1/s1. The topological polar surface area (TPSA) is 74.2 Å². The van der Waals surface area contributed by atoms with Crippen LogP contribution in [0.4, 0.5) is 0 Å². The number of amides is 2. The molecule has 0 bridgehead atoms. The van der Waals surface area contributed by atoms with E-state index < -0.39 is 6.10 Å². The van der Waals surface area contributed by atoms with E-state index in [1.54, 1.807) is 7.05 Å². The largest absolute Gasteiger partial charge is 0.382 e. The van der Waals surface area contributed by atoms with Crippen molar-refractivity contribution >= 4 is 17.5 Å². The van der Waals surface area contributed by atoms with Gasteiger partial charge in [-0.1, -0.05) is 19.0 Å². The number of carbonyl (C=O) groups is 2. The molecule has 2 aliphatic heterocycles. The number of nitrogens with one attached hydrogen (secondary N) is 1. The van der Waals surface area contributed by atoms with E-state index in [2.05, 4.69) is 10.5 Å². The maximum absolute atomic E-state index is 12.4. The molecule has 118 valence electrons. The average molecular weight is 296 g/mol. The van der Waals surface area contributed by atoms with Crippen molar-refractivity contribution in [3.63, 3.8) is 0 Å². The highest BCUT2D eigenvalue weighted by atomic mass is 16.6. The minimum atomic E-state index is -0.465. The van der Waals surface area contributed by atoms with Crippen LogP contribution in [-0.4, -0.2) is 73.2 Å². The first-order chi connectivity index (χ1) is 10.0. The summed E-state index contributed by atoms with van der Waals surface area (Å²) in [4.78, 5) is 32.8. The highest BCUT2D eigenvalue weighted by molar-refractivity contribution is 5.93. The van der Waals surface area contributed by atoms with Crippen molar-refractivity contribution in [3.8, 4) is 0 Å². The SMILES string of the molecule is CNC(=O)CN1CCN(C(=O)[C@H]2CC(C(C)C)=NO2)CC1. The number of oxime groups is 1. The zero-order valence-corrected chi connectivity index (χ0v) is 13.0. The van der Waals surface area contributed by atoms with E-state index in [-0.39, 0.29) is 11.8 Å². The molecule has 0 aliphatic carbocycles. The second-order valence-corrected chi connectivity index (χ2v) is 5.81. The van der Waals surface area contributed by atoms with Gasteiger partial charge in [0.15, 0.2) is 0 Å². The summed E-state index contributed by atoms with van der Waals surface area (Å²) >= 11 is 0. The predicted molar refractivity (Wildman–Crippen MR) is 78.8 cm³/mol. The Labute approximate surface area is 125 Å². The van der Waals surface area contributed by atoms with Crippen LogP contribution in [0.3, 0.4) is 0 Å². The number of likely N-dealkylation sites (N-methyl/N-ethyl adjacent to an activating group) is 1. The van der Waals surface area contributed by atoms with Crippen molar-refractivity contribution in [1.82, 2.24) is 15.1 Å². The quantitative estimate of drug-likeness (QED) is 0.771. The van der Waals surface area contributed by atoms with Crippen LogP contribution in [0.2, 0.25) is 0 Å². The van der Waals surface area contributed by atoms with Crippen LogP contribution in [0.25, 0.3) is 0 Å². The summed E-state index contributed by atoms with van der Waals surface area (Å²) < 4.78 is 0. The zero-order valence-electron chi connectivity index (χ0n) is 13.0. The van der Waals surface area contributed by atoms with Crippen molar-refractivity contribution in [1.29, 1.82) is 0 Å². The van der Waals surface area contributed by atoms with E-state index >= 15 is 0 Å². The molecule has 0 unspecified atom stereocenters. The summed E-state index contributed by atoms with van der Waals surface area (Å²) in [5, 5.41) is 6.61. The van der Waals surface area contributed by atoms with Crippen LogP contribution in [0, 0.1) is 5.92 Å². The maximum Gasteiger partial charge on any atom is 0.266 e. The molecule has 1 N–H and O–H groups in total. The highest BCUT2D eigenvalue weighted by Crippen LogP contribution is 2.18. The van der Waals surface area contributed by atoms with Crippen LogP contribution in [0.1, 0.15) is 20.3 Å². The lowest BCUT2D eigenvalue weighted by Gasteiger charge is -2.34. The van der Waals surface area contributed by atoms with E-state index in [0.29, 0.717) is 45.1 Å². The molecule has 1 atom stereocenters. The molecule has 0 spiro atoms. The molecule has 7 nitrogen and oxygen atoms in total. The minimum Gasteiger partial charge on any atom is -0.382 e. The molecule has 21 heavy (non-hydrogen) atoms. The maximum atomic E-state index is 12.4. The van der Waals surface area contributed by atoms with Gasteiger partial charge in [0, 0.05) is 39.6 Å². The van der Waals surface area contributed by atoms with Gasteiger partial charge in [-0.15, -0.1) is 0 Å². The first kappa shape index (κ1) is 15.8. The van der Waals surface area contributed by atoms with Gasteiger partial charge in [0.05, 0.1) is 12.3 Å². The summed E-state index contributed by atoms with van der Waals surface area (Å²) in [6.45, 7) is 7.17. The molecule has 2 heterocycles. The first-order valence-corrected chi connectivity index (χ1v) is 7.45. The fourth-order valence-corrected chi connectivity index (χ4v) is 2.48. The molecule has 0 radical (unpaired) electrons. The van der Waals surface area contributed by atoms with Crippen molar-refractivity contribution in [2.75, 3.05) is 39.8 Å². The number of hydrogen-bond acceptors (Lipinski definition) is 5. The third-order valence-electron chi connectivity index (χ3n) is 3.96. The van der Waals surface area contributed by atoms with Gasteiger partial charge in [0.25, 0.3) is 5.91 Å². The van der Waals surface area contributed by atoms with Gasteiger partial charge < -0.3 is 15.1 Å². The molecule has 0 saturated carbocycles. The minimum absolute atomic E-state index is 0.00359. The third kappa shape index (κ3) is 3.93. The molecule has 0 aromatic rings. The zero-order chi connectivity index (χ0) is 15.4. The summed E-state index contributed by atoms with van der Waals surface area (Å²) in [5.74, 6) is 0.324. The number of piperazine rings is 1. The van der Waals surface area contributed by atoms with Crippen molar-refractivity contribution in [2.24, 2.45) is 11.1 Å². The van der Waals surface area contributed by atoms with E-state index in [0.717, 1.165) is 5.71 Å². The Kier molecular flexibility index (Phi) is 5.17. The van der Waals surface area contributed by atoms with Gasteiger partial charge in [-0.2, -0.15) is 0 Å². The molecule has 7 heteroatoms. The number of carbonyl (C=O) groups excluding carboxylic acids is 2. The summed E-state index contributed by atoms with van der Waals surface area (Å²) in [5.41, 5.74) is 0.951. The number of nitrogens with zero attached hydrogens (tertiary/aromatic N) is 3. The Balaban J connectivity index is 1.78. The Morgan fingerprint density at radius 3 is 2.52 bits per heavy atom. The molecule has 2 amide bonds. The van der Waals surface area contributed by atoms with Gasteiger partial charge >= 0.3 is 0 Å². The molecule has 0 aromatic heterocycles. The summed E-state index contributed by atoms with van der Waals surface area (Å²) in [6, 6.07) is 0. The van der Waals surface area contributed by atoms with Gasteiger partial charge in [-0.05, 0) is 5.92 Å². The number of rotatable bonds is 4. The normalized spacial score (nSPS) is 23.0. The van der Waals surface area contributed by atoms with Gasteiger partial charge in [-0.3, -0.25) is 14.5 Å². The molecule has 0 aromatic carbocycles. The highest BCUT2D eigenvalue weighted by Gasteiger charge is 2.34. The van der Waals surface area contributed by atoms with E-state index in [1.165, 1.54) is 0 Å². The Hall–Kier alpha value is -1.63. The molecular weight excluding hydrogens is 272 g/mol. The predicted octanol–water partition coefficient (Wildman–Crippen LogP) is -0.322. The summed E-state index contributed by atoms with van der Waals surface area (Å²) in [7, 11) is 1.63. The van der Waals surface area contributed by atoms with E-state index in [9.17, 15) is 9.59 Å². The smallest absolute Gasteiger partial charge is 0.266 e. The van der Waals surface area contributed by atoms with Crippen LogP contribution in [-0.2, 0) is 14.4 Å². The van der Waals surface area contributed by atoms with Crippen molar-refractivity contribution < 1.29 is 14.4 Å². The molecular formula is C14H24N4O3. The lowest BCUT2D eigenvalue weighted by atomic mass is 10.0. The molecule has 1 fully saturated rings. The lowest BCUT2D eigenvalue weighted by molar-refractivity contribution is -0.144. The monoisotopic (exact) mass is 296 g/mol. The molecule has 2 rings (SSSR count). The number of hydrogen-bond donors (Lipinski definition) is 1. The van der Waals surface area contributed by atoms with Crippen molar-refractivity contribution in [2.45, 2.75) is 26.4 Å². The van der Waals surface area contributed by atoms with Gasteiger partial charge in [-0.25, -0.2) is 0 Å². The lowest BCUT2D eigenvalue weighted by Crippen LogP contribution is -2.53. The third-order valence-corrected chi connectivity index (χ3v) is 3.96. The Morgan fingerprint density at radius 2 is 2.00 bits per heavy atom. The van der Waals surface area contributed by atoms with E-state index in [4.69, 9.17) is 4.84 Å². The second kappa shape index (κ2) is 6.89. The van der Waals surface area contributed by atoms with Crippen LogP contribution < -0.4 is 5.32 Å².